The Labute approximate surface area is 356 Å². The van der Waals surface area contributed by atoms with Crippen LogP contribution < -0.4 is 16.0 Å². The van der Waals surface area contributed by atoms with E-state index in [-0.39, 0.29) is 29.7 Å². The molecule has 0 saturated carbocycles. The third-order valence-corrected chi connectivity index (χ3v) is 11.0. The molecule has 5 aromatic rings. The van der Waals surface area contributed by atoms with Gasteiger partial charge in [-0.25, -0.2) is 19.6 Å². The highest BCUT2D eigenvalue weighted by Gasteiger charge is 2.37. The minimum absolute atomic E-state index is 0.116. The number of benzene rings is 3. The highest BCUT2D eigenvalue weighted by molar-refractivity contribution is 5.87. The maximum absolute atomic E-state index is 13.6. The second-order valence-electron chi connectivity index (χ2n) is 15.9. The van der Waals surface area contributed by atoms with E-state index in [0.717, 1.165) is 52.0 Å². The Kier molecular flexibility index (Phi) is 14.6. The zero-order valence-corrected chi connectivity index (χ0v) is 35.7. The van der Waals surface area contributed by atoms with Crippen molar-refractivity contribution in [3.63, 3.8) is 0 Å². The number of carbonyl (C=O) groups is 4. The number of carbonyl (C=O) groups excluding carboxylic acids is 4. The molecule has 15 heteroatoms. The highest BCUT2D eigenvalue weighted by atomic mass is 16.5. The van der Waals surface area contributed by atoms with Crippen LogP contribution in [-0.2, 0) is 30.4 Å². The van der Waals surface area contributed by atoms with E-state index in [1.807, 2.05) is 101 Å². The van der Waals surface area contributed by atoms with Gasteiger partial charge in [0.2, 0.25) is 11.8 Å². The SMILES string of the molecule is COC(=O)N[C@H](C(=O)N[C@H](c1ncc(-c2ccc(-c3ccc(-c4cnc([C@@H]5CCCN5C(=O)[C@@H](NC(=O)OC)C(C)C)[nH]4)cc3)cc2)[nH]1)[C@H](C)OCc1ccccc1)C(C)C. The summed E-state index contributed by atoms with van der Waals surface area (Å²) in [5.41, 5.74) is 6.50. The Morgan fingerprint density at radius 3 is 1.82 bits per heavy atom. The Hall–Kier alpha value is -6.48. The Morgan fingerprint density at radius 2 is 1.25 bits per heavy atom. The third kappa shape index (κ3) is 10.8. The molecule has 4 amide bonds. The maximum Gasteiger partial charge on any atom is 0.407 e. The van der Waals surface area contributed by atoms with Crippen LogP contribution in [0.15, 0.2) is 91.3 Å². The number of alkyl carbamates (subject to hydrolysis) is 2. The van der Waals surface area contributed by atoms with Crippen LogP contribution in [0.1, 0.15) is 76.8 Å². The molecule has 61 heavy (non-hydrogen) atoms. The van der Waals surface area contributed by atoms with Gasteiger partial charge in [0, 0.05) is 6.54 Å². The van der Waals surface area contributed by atoms with E-state index in [1.165, 1.54) is 14.2 Å². The molecule has 0 bridgehead atoms. The van der Waals surface area contributed by atoms with E-state index in [0.29, 0.717) is 24.8 Å². The Balaban J connectivity index is 1.14. The number of hydrogen-bond donors (Lipinski definition) is 5. The molecule has 2 aromatic heterocycles. The van der Waals surface area contributed by atoms with Crippen molar-refractivity contribution < 1.29 is 33.4 Å². The number of rotatable bonds is 16. The van der Waals surface area contributed by atoms with E-state index in [1.54, 1.807) is 17.3 Å². The molecule has 15 nitrogen and oxygen atoms in total. The predicted octanol–water partition coefficient (Wildman–Crippen LogP) is 7.32. The molecular weight excluding hydrogens is 777 g/mol. The van der Waals surface area contributed by atoms with Crippen molar-refractivity contribution in [2.24, 2.45) is 11.8 Å². The molecule has 3 aromatic carbocycles. The number of ether oxygens (including phenoxy) is 3. The highest BCUT2D eigenvalue weighted by Crippen LogP contribution is 2.34. The first kappa shape index (κ1) is 44.1. The summed E-state index contributed by atoms with van der Waals surface area (Å²) < 4.78 is 15.8. The summed E-state index contributed by atoms with van der Waals surface area (Å²) in [5.74, 6) is 0.349. The van der Waals surface area contributed by atoms with E-state index in [2.05, 4.69) is 48.0 Å². The zero-order valence-electron chi connectivity index (χ0n) is 35.7. The van der Waals surface area contributed by atoms with Crippen LogP contribution in [0.3, 0.4) is 0 Å². The van der Waals surface area contributed by atoms with Gasteiger partial charge in [-0.2, -0.15) is 0 Å². The molecule has 1 aliphatic rings. The molecule has 1 saturated heterocycles. The zero-order chi connectivity index (χ0) is 43.6. The molecule has 322 valence electrons. The molecule has 1 aliphatic heterocycles. The predicted molar refractivity (Wildman–Crippen MR) is 231 cm³/mol. The number of nitrogens with one attached hydrogen (secondary N) is 5. The van der Waals surface area contributed by atoms with Crippen molar-refractivity contribution >= 4 is 24.0 Å². The van der Waals surface area contributed by atoms with Gasteiger partial charge in [-0.15, -0.1) is 0 Å². The lowest BCUT2D eigenvalue weighted by Gasteiger charge is -2.30. The number of aromatic amines is 2. The first-order valence-electron chi connectivity index (χ1n) is 20.6. The number of likely N-dealkylation sites (tertiary alicyclic amines) is 1. The van der Waals surface area contributed by atoms with Gasteiger partial charge in [0.25, 0.3) is 0 Å². The lowest BCUT2D eigenvalue weighted by Crippen LogP contribution is -2.52. The average Bonchev–Trinajstić information content (AvgIpc) is 4.08. The summed E-state index contributed by atoms with van der Waals surface area (Å²) in [6, 6.07) is 23.6. The van der Waals surface area contributed by atoms with Gasteiger partial charge < -0.3 is 45.0 Å². The smallest absolute Gasteiger partial charge is 0.407 e. The van der Waals surface area contributed by atoms with Crippen LogP contribution in [0.5, 0.6) is 0 Å². The summed E-state index contributed by atoms with van der Waals surface area (Å²) in [4.78, 5) is 69.2. The first-order valence-corrected chi connectivity index (χ1v) is 20.6. The standard InChI is InChI=1S/C46H56N8O7/c1-27(2)38(52-45(57)59-6)43(55)51-40(29(5)61-26-30-12-9-8-10-13-30)42-48-25-36(50-42)34-21-17-32(18-22-34)31-15-19-33(20-16-31)35-24-47-41(49-35)37-14-11-23-54(37)44(56)39(28(3)4)53-46(58)60-7/h8-10,12-13,15-22,24-25,27-29,37-40H,11,14,23,26H2,1-7H3,(H,47,49)(H,48,50)(H,51,55)(H,52,57)(H,53,58)/t29-,37-,38-,39-,40-/m0/s1. The number of nitrogens with zero attached hydrogens (tertiary/aromatic N) is 3. The molecule has 1 fully saturated rings. The average molecular weight is 833 g/mol. The van der Waals surface area contributed by atoms with Gasteiger partial charge in [0.1, 0.15) is 29.8 Å². The minimum atomic E-state index is -0.841. The van der Waals surface area contributed by atoms with E-state index >= 15 is 0 Å². The fourth-order valence-electron chi connectivity index (χ4n) is 7.44. The van der Waals surface area contributed by atoms with Crippen molar-refractivity contribution in [3.05, 3.63) is 108 Å². The van der Waals surface area contributed by atoms with Gasteiger partial charge in [0.05, 0.1) is 56.8 Å². The van der Waals surface area contributed by atoms with E-state index in [4.69, 9.17) is 14.2 Å². The van der Waals surface area contributed by atoms with Crippen LogP contribution in [0.2, 0.25) is 0 Å². The monoisotopic (exact) mass is 832 g/mol. The lowest BCUT2D eigenvalue weighted by molar-refractivity contribution is -0.135. The van der Waals surface area contributed by atoms with Crippen molar-refractivity contribution in [2.75, 3.05) is 20.8 Å². The summed E-state index contributed by atoms with van der Waals surface area (Å²) >= 11 is 0. The fourth-order valence-corrected chi connectivity index (χ4v) is 7.44. The number of methoxy groups -OCH3 is 2. The molecular formula is C46H56N8O7. The van der Waals surface area contributed by atoms with Gasteiger partial charge in [-0.05, 0) is 59.4 Å². The van der Waals surface area contributed by atoms with Gasteiger partial charge >= 0.3 is 12.2 Å². The number of H-pyrrole nitrogens is 2. The molecule has 0 spiro atoms. The second-order valence-corrected chi connectivity index (χ2v) is 15.9. The minimum Gasteiger partial charge on any atom is -0.453 e. The Bertz CT molecular complexity index is 2240. The summed E-state index contributed by atoms with van der Waals surface area (Å²) in [7, 11) is 2.54. The van der Waals surface area contributed by atoms with Crippen molar-refractivity contribution in [3.8, 4) is 33.6 Å². The van der Waals surface area contributed by atoms with Crippen LogP contribution >= 0.6 is 0 Å². The van der Waals surface area contributed by atoms with Gasteiger partial charge in [-0.1, -0.05) is 107 Å². The second kappa shape index (κ2) is 20.2. The quantitative estimate of drug-likeness (QED) is 0.0678. The van der Waals surface area contributed by atoms with Crippen LogP contribution in [0.4, 0.5) is 9.59 Å². The topological polar surface area (TPSA) is 193 Å². The van der Waals surface area contributed by atoms with Crippen molar-refractivity contribution in [1.82, 2.24) is 40.8 Å². The molecule has 5 atom stereocenters. The Morgan fingerprint density at radius 1 is 0.705 bits per heavy atom. The fraction of sp³-hybridized carbons (Fsp3) is 0.391. The van der Waals surface area contributed by atoms with Crippen molar-refractivity contribution in [2.45, 2.75) is 84.3 Å². The molecule has 6 rings (SSSR count). The van der Waals surface area contributed by atoms with Crippen LogP contribution in [-0.4, -0.2) is 87.8 Å². The van der Waals surface area contributed by atoms with Gasteiger partial charge in [0.15, 0.2) is 0 Å². The van der Waals surface area contributed by atoms with Crippen LogP contribution in [0.25, 0.3) is 33.6 Å². The summed E-state index contributed by atoms with van der Waals surface area (Å²) in [5, 5.41) is 8.39. The molecule has 0 aliphatic carbocycles. The molecule has 0 unspecified atom stereocenters. The molecule has 5 N–H and O–H groups in total. The first-order chi connectivity index (χ1) is 29.4. The molecule has 3 heterocycles. The normalized spacial score (nSPS) is 15.8. The summed E-state index contributed by atoms with van der Waals surface area (Å²) in [6.45, 7) is 10.3. The lowest BCUT2D eigenvalue weighted by atomic mass is 10.0. The number of hydrogen-bond acceptors (Lipinski definition) is 9. The van der Waals surface area contributed by atoms with Gasteiger partial charge in [-0.3, -0.25) is 9.59 Å². The van der Waals surface area contributed by atoms with E-state index in [9.17, 15) is 19.2 Å². The van der Waals surface area contributed by atoms with E-state index < -0.39 is 36.4 Å². The summed E-state index contributed by atoms with van der Waals surface area (Å²) in [6.07, 6.45) is 3.31. The maximum atomic E-state index is 13.6. The number of imidazole rings is 2. The third-order valence-electron chi connectivity index (χ3n) is 11.0. The molecule has 0 radical (unpaired) electrons. The van der Waals surface area contributed by atoms with Crippen LogP contribution in [0, 0.1) is 11.8 Å². The number of amides is 4. The largest absolute Gasteiger partial charge is 0.453 e. The van der Waals surface area contributed by atoms with Crippen molar-refractivity contribution in [1.29, 1.82) is 0 Å². The number of aromatic nitrogens is 4.